The Morgan fingerprint density at radius 3 is 2.85 bits per heavy atom. The maximum atomic E-state index is 11.0. The normalized spacial score (nSPS) is 13.9. The van der Waals surface area contributed by atoms with Gasteiger partial charge < -0.3 is 10.0 Å². The largest absolute Gasteiger partial charge is 0.478 e. The van der Waals surface area contributed by atoms with Gasteiger partial charge in [-0.1, -0.05) is 0 Å². The Bertz CT molecular complexity index is 628. The molecule has 1 aliphatic heterocycles. The number of hydrogen-bond acceptors (Lipinski definition) is 4. The molecule has 0 saturated carbocycles. The second-order valence-electron chi connectivity index (χ2n) is 4.84. The first-order valence-corrected chi connectivity index (χ1v) is 6.61. The van der Waals surface area contributed by atoms with E-state index < -0.39 is 5.97 Å². The fourth-order valence-electron chi connectivity index (χ4n) is 2.55. The average Bonchev–Trinajstić information content (AvgIpc) is 2.48. The van der Waals surface area contributed by atoms with E-state index in [-0.39, 0.29) is 0 Å². The maximum Gasteiger partial charge on any atom is 0.335 e. The standard InChI is InChI=1S/C15H15N3O2/c19-15(20)12-4-5-13-11(9-12)3-1-8-18(13)10-14-16-6-2-7-17-14/h2,4-7,9H,1,3,8,10H2,(H,19,20). The molecule has 3 rings (SSSR count). The van der Waals surface area contributed by atoms with Gasteiger partial charge in [0.1, 0.15) is 5.82 Å². The highest BCUT2D eigenvalue weighted by molar-refractivity contribution is 5.88. The van der Waals surface area contributed by atoms with Gasteiger partial charge in [0.05, 0.1) is 12.1 Å². The van der Waals surface area contributed by atoms with E-state index in [1.54, 1.807) is 30.6 Å². The third-order valence-corrected chi connectivity index (χ3v) is 3.49. The minimum absolute atomic E-state index is 0.349. The SMILES string of the molecule is O=C(O)c1ccc2c(c1)CCCN2Cc1ncccn1. The number of fused-ring (bicyclic) bond motifs is 1. The number of aromatic nitrogens is 2. The van der Waals surface area contributed by atoms with E-state index in [4.69, 9.17) is 5.11 Å². The third kappa shape index (κ3) is 2.47. The summed E-state index contributed by atoms with van der Waals surface area (Å²) >= 11 is 0. The smallest absolute Gasteiger partial charge is 0.335 e. The van der Waals surface area contributed by atoms with Crippen LogP contribution in [0.1, 0.15) is 28.2 Å². The van der Waals surface area contributed by atoms with E-state index in [0.29, 0.717) is 12.1 Å². The van der Waals surface area contributed by atoms with Gasteiger partial charge in [0.25, 0.3) is 0 Å². The van der Waals surface area contributed by atoms with E-state index in [9.17, 15) is 4.79 Å². The molecule has 102 valence electrons. The zero-order chi connectivity index (χ0) is 13.9. The lowest BCUT2D eigenvalue weighted by atomic mass is 9.99. The van der Waals surface area contributed by atoms with Crippen LogP contribution in [0.5, 0.6) is 0 Å². The lowest BCUT2D eigenvalue weighted by Crippen LogP contribution is -2.29. The molecule has 0 atom stereocenters. The van der Waals surface area contributed by atoms with Crippen molar-refractivity contribution in [2.75, 3.05) is 11.4 Å². The van der Waals surface area contributed by atoms with Crippen LogP contribution in [0, 0.1) is 0 Å². The summed E-state index contributed by atoms with van der Waals surface area (Å²) < 4.78 is 0. The Kier molecular flexibility index (Phi) is 3.33. The highest BCUT2D eigenvalue weighted by Crippen LogP contribution is 2.28. The fourth-order valence-corrected chi connectivity index (χ4v) is 2.55. The van der Waals surface area contributed by atoms with Crippen molar-refractivity contribution in [2.45, 2.75) is 19.4 Å². The highest BCUT2D eigenvalue weighted by Gasteiger charge is 2.19. The van der Waals surface area contributed by atoms with Gasteiger partial charge >= 0.3 is 5.97 Å². The number of carboxylic acids is 1. The van der Waals surface area contributed by atoms with Crippen LogP contribution >= 0.6 is 0 Å². The van der Waals surface area contributed by atoms with Crippen LogP contribution < -0.4 is 4.90 Å². The van der Waals surface area contributed by atoms with Gasteiger partial charge in [-0.15, -0.1) is 0 Å². The van der Waals surface area contributed by atoms with Gasteiger partial charge in [-0.05, 0) is 42.7 Å². The maximum absolute atomic E-state index is 11.0. The number of anilines is 1. The first-order valence-electron chi connectivity index (χ1n) is 6.61. The Balaban J connectivity index is 1.88. The second kappa shape index (κ2) is 5.28. The number of carboxylic acid groups (broad SMARTS) is 1. The molecular weight excluding hydrogens is 254 g/mol. The molecule has 1 aromatic heterocycles. The molecule has 0 fully saturated rings. The quantitative estimate of drug-likeness (QED) is 0.924. The van der Waals surface area contributed by atoms with Crippen molar-refractivity contribution in [1.82, 2.24) is 9.97 Å². The molecule has 0 saturated heterocycles. The van der Waals surface area contributed by atoms with Crippen molar-refractivity contribution >= 4 is 11.7 Å². The molecule has 0 radical (unpaired) electrons. The van der Waals surface area contributed by atoms with Crippen LogP contribution in [-0.4, -0.2) is 27.6 Å². The summed E-state index contributed by atoms with van der Waals surface area (Å²) in [5.41, 5.74) is 2.53. The summed E-state index contributed by atoms with van der Waals surface area (Å²) in [4.78, 5) is 21.7. The van der Waals surface area contributed by atoms with Crippen LogP contribution in [0.15, 0.2) is 36.7 Å². The summed E-state index contributed by atoms with van der Waals surface area (Å²) in [5, 5.41) is 9.05. The van der Waals surface area contributed by atoms with Crippen LogP contribution in [-0.2, 0) is 13.0 Å². The molecular formula is C15H15N3O2. The number of nitrogens with zero attached hydrogens (tertiary/aromatic N) is 3. The minimum atomic E-state index is -0.878. The molecule has 0 spiro atoms. The third-order valence-electron chi connectivity index (χ3n) is 3.49. The summed E-state index contributed by atoms with van der Waals surface area (Å²) in [6.07, 6.45) is 5.41. The Hall–Kier alpha value is -2.43. The topological polar surface area (TPSA) is 66.3 Å². The number of carbonyl (C=O) groups is 1. The molecule has 20 heavy (non-hydrogen) atoms. The van der Waals surface area contributed by atoms with Crippen molar-refractivity contribution in [1.29, 1.82) is 0 Å². The Labute approximate surface area is 116 Å². The number of rotatable bonds is 3. The van der Waals surface area contributed by atoms with E-state index in [2.05, 4.69) is 14.9 Å². The van der Waals surface area contributed by atoms with Crippen molar-refractivity contribution < 1.29 is 9.90 Å². The molecule has 0 unspecified atom stereocenters. The van der Waals surface area contributed by atoms with Crippen LogP contribution in [0.2, 0.25) is 0 Å². The van der Waals surface area contributed by atoms with E-state index in [1.807, 2.05) is 6.07 Å². The van der Waals surface area contributed by atoms with Crippen molar-refractivity contribution in [3.05, 3.63) is 53.6 Å². The molecule has 0 aliphatic carbocycles. The highest BCUT2D eigenvalue weighted by atomic mass is 16.4. The number of aryl methyl sites for hydroxylation is 1. The summed E-state index contributed by atoms with van der Waals surface area (Å²) in [6, 6.07) is 7.12. The number of aromatic carboxylic acids is 1. The molecule has 2 aromatic rings. The van der Waals surface area contributed by atoms with Gasteiger partial charge in [-0.3, -0.25) is 0 Å². The fraction of sp³-hybridized carbons (Fsp3) is 0.267. The van der Waals surface area contributed by atoms with Crippen molar-refractivity contribution in [3.8, 4) is 0 Å². The molecule has 5 nitrogen and oxygen atoms in total. The first-order chi connectivity index (χ1) is 9.74. The second-order valence-corrected chi connectivity index (χ2v) is 4.84. The van der Waals surface area contributed by atoms with Crippen LogP contribution in [0.4, 0.5) is 5.69 Å². The van der Waals surface area contributed by atoms with Gasteiger partial charge in [0.15, 0.2) is 0 Å². The molecule has 0 bridgehead atoms. The monoisotopic (exact) mass is 269 g/mol. The zero-order valence-corrected chi connectivity index (χ0v) is 11.0. The molecule has 2 heterocycles. The van der Waals surface area contributed by atoms with Gasteiger partial charge in [-0.25, -0.2) is 14.8 Å². The predicted octanol–water partition coefficient (Wildman–Crippen LogP) is 2.13. The average molecular weight is 269 g/mol. The van der Waals surface area contributed by atoms with Crippen molar-refractivity contribution in [3.63, 3.8) is 0 Å². The molecule has 1 aromatic carbocycles. The predicted molar refractivity (Wildman–Crippen MR) is 74.8 cm³/mol. The summed E-state index contributed by atoms with van der Waals surface area (Å²) in [7, 11) is 0. The minimum Gasteiger partial charge on any atom is -0.478 e. The van der Waals surface area contributed by atoms with Gasteiger partial charge in [0, 0.05) is 24.6 Å². The van der Waals surface area contributed by atoms with Crippen LogP contribution in [0.25, 0.3) is 0 Å². The van der Waals surface area contributed by atoms with Gasteiger partial charge in [-0.2, -0.15) is 0 Å². The lowest BCUT2D eigenvalue weighted by Gasteiger charge is -2.30. The molecule has 1 N–H and O–H groups in total. The number of hydrogen-bond donors (Lipinski definition) is 1. The number of benzene rings is 1. The van der Waals surface area contributed by atoms with Crippen LogP contribution in [0.3, 0.4) is 0 Å². The van der Waals surface area contributed by atoms with E-state index >= 15 is 0 Å². The summed E-state index contributed by atoms with van der Waals surface area (Å²) in [5.74, 6) is -0.0982. The van der Waals surface area contributed by atoms with E-state index in [1.165, 1.54) is 0 Å². The van der Waals surface area contributed by atoms with Gasteiger partial charge in [0.2, 0.25) is 0 Å². The molecule has 0 amide bonds. The Morgan fingerprint density at radius 1 is 1.30 bits per heavy atom. The van der Waals surface area contributed by atoms with Crippen molar-refractivity contribution in [2.24, 2.45) is 0 Å². The summed E-state index contributed by atoms with van der Waals surface area (Å²) in [6.45, 7) is 1.60. The molecule has 5 heteroatoms. The Morgan fingerprint density at radius 2 is 2.10 bits per heavy atom. The first kappa shape index (κ1) is 12.6. The zero-order valence-electron chi connectivity index (χ0n) is 11.0. The lowest BCUT2D eigenvalue weighted by molar-refractivity contribution is 0.0697. The van der Waals surface area contributed by atoms with E-state index in [0.717, 1.165) is 36.5 Å². The molecule has 1 aliphatic rings.